The van der Waals surface area contributed by atoms with Crippen molar-refractivity contribution in [3.8, 4) is 0 Å². The molecule has 9 heteroatoms. The summed E-state index contributed by atoms with van der Waals surface area (Å²) in [4.78, 5) is 22.7. The monoisotopic (exact) mass is 559 g/mol. The van der Waals surface area contributed by atoms with Crippen molar-refractivity contribution in [2.24, 2.45) is 4.99 Å². The van der Waals surface area contributed by atoms with E-state index in [4.69, 9.17) is 4.74 Å². The molecule has 0 bridgehead atoms. The van der Waals surface area contributed by atoms with E-state index in [0.717, 1.165) is 22.8 Å². The van der Waals surface area contributed by atoms with Crippen LogP contribution in [0.15, 0.2) is 35.3 Å². The number of carbonyl (C=O) groups excluding carboxylic acids is 1. The van der Waals surface area contributed by atoms with Crippen LogP contribution in [0.5, 0.6) is 0 Å². The van der Waals surface area contributed by atoms with Crippen molar-refractivity contribution in [2.45, 2.75) is 59.7 Å². The summed E-state index contributed by atoms with van der Waals surface area (Å²) in [7, 11) is 0. The van der Waals surface area contributed by atoms with E-state index in [-0.39, 0.29) is 30.0 Å². The number of aryl methyl sites for hydroxylation is 2. The van der Waals surface area contributed by atoms with Gasteiger partial charge in [-0.2, -0.15) is 0 Å². The predicted molar refractivity (Wildman–Crippen MR) is 138 cm³/mol. The van der Waals surface area contributed by atoms with Crippen LogP contribution in [0.25, 0.3) is 0 Å². The first-order valence-corrected chi connectivity index (χ1v) is 11.0. The highest BCUT2D eigenvalue weighted by Gasteiger charge is 2.20. The number of aromatic nitrogens is 1. The minimum absolute atomic E-state index is 0. The van der Waals surface area contributed by atoms with Gasteiger partial charge in [0.2, 0.25) is 0 Å². The van der Waals surface area contributed by atoms with Crippen LogP contribution in [0.3, 0.4) is 0 Å². The van der Waals surface area contributed by atoms with Crippen LogP contribution < -0.4 is 16.0 Å². The Morgan fingerprint density at radius 1 is 1.19 bits per heavy atom. The number of guanidine groups is 1. The number of benzene rings is 1. The highest BCUT2D eigenvalue weighted by Crippen LogP contribution is 2.17. The Morgan fingerprint density at radius 3 is 2.42 bits per heavy atom. The van der Waals surface area contributed by atoms with Gasteiger partial charge in [0.1, 0.15) is 10.6 Å². The lowest BCUT2D eigenvalue weighted by atomic mass is 10.1. The highest BCUT2D eigenvalue weighted by molar-refractivity contribution is 14.0. The van der Waals surface area contributed by atoms with Gasteiger partial charge < -0.3 is 20.7 Å². The number of hydrogen-bond donors (Lipinski definition) is 3. The van der Waals surface area contributed by atoms with E-state index in [9.17, 15) is 4.79 Å². The summed E-state index contributed by atoms with van der Waals surface area (Å²) >= 11 is 1.66. The third-order valence-electron chi connectivity index (χ3n) is 4.16. The SMILES string of the molecule is CCNC(=NCc1nc(C)c(C)s1)NCC(NC(=O)OC(C)(C)C)c1ccccc1.I. The minimum atomic E-state index is -0.556. The lowest BCUT2D eigenvalue weighted by Crippen LogP contribution is -2.44. The zero-order valence-electron chi connectivity index (χ0n) is 19.1. The van der Waals surface area contributed by atoms with E-state index in [0.29, 0.717) is 19.0 Å². The standard InChI is InChI=1S/C22H33N5O2S.HI/c1-7-23-20(25-14-19-26-15(2)16(3)30-19)24-13-18(17-11-9-8-10-12-17)27-21(28)29-22(4,5)6;/h8-12,18H,7,13-14H2,1-6H3,(H,27,28)(H2,23,24,25);1H. The smallest absolute Gasteiger partial charge is 0.408 e. The summed E-state index contributed by atoms with van der Waals surface area (Å²) in [6.45, 7) is 13.3. The minimum Gasteiger partial charge on any atom is -0.444 e. The number of amides is 1. The average Bonchev–Trinajstić information content (AvgIpc) is 2.99. The van der Waals surface area contributed by atoms with Gasteiger partial charge in [-0.05, 0) is 47.1 Å². The molecule has 1 amide bonds. The van der Waals surface area contributed by atoms with Crippen LogP contribution in [0, 0.1) is 13.8 Å². The number of alkyl carbamates (subject to hydrolysis) is 1. The Hall–Kier alpha value is -1.88. The van der Waals surface area contributed by atoms with Crippen LogP contribution in [0.2, 0.25) is 0 Å². The lowest BCUT2D eigenvalue weighted by molar-refractivity contribution is 0.0504. The van der Waals surface area contributed by atoms with Crippen molar-refractivity contribution < 1.29 is 9.53 Å². The van der Waals surface area contributed by atoms with E-state index in [1.165, 1.54) is 4.88 Å². The molecule has 0 spiro atoms. The van der Waals surface area contributed by atoms with Crippen molar-refractivity contribution in [2.75, 3.05) is 13.1 Å². The summed E-state index contributed by atoms with van der Waals surface area (Å²) in [6, 6.07) is 9.54. The predicted octanol–water partition coefficient (Wildman–Crippen LogP) is 4.70. The first-order valence-electron chi connectivity index (χ1n) is 10.2. The third-order valence-corrected chi connectivity index (χ3v) is 5.21. The molecule has 0 aliphatic rings. The Balaban J connectivity index is 0.00000480. The summed E-state index contributed by atoms with van der Waals surface area (Å²) < 4.78 is 5.43. The van der Waals surface area contributed by atoms with Crippen molar-refractivity contribution in [3.63, 3.8) is 0 Å². The summed E-state index contributed by atoms with van der Waals surface area (Å²) in [6.07, 6.45) is -0.450. The van der Waals surface area contributed by atoms with Crippen molar-refractivity contribution >= 4 is 47.4 Å². The number of aliphatic imine (C=N–C) groups is 1. The molecular weight excluding hydrogens is 525 g/mol. The van der Waals surface area contributed by atoms with E-state index in [2.05, 4.69) is 32.9 Å². The second-order valence-electron chi connectivity index (χ2n) is 7.93. The molecule has 2 aromatic rings. The van der Waals surface area contributed by atoms with Crippen molar-refractivity contribution in [1.29, 1.82) is 0 Å². The number of nitrogens with zero attached hydrogens (tertiary/aromatic N) is 2. The molecule has 0 fully saturated rings. The summed E-state index contributed by atoms with van der Waals surface area (Å²) in [5.41, 5.74) is 1.48. The van der Waals surface area contributed by atoms with Crippen LogP contribution in [0.1, 0.15) is 54.9 Å². The lowest BCUT2D eigenvalue weighted by Gasteiger charge is -2.24. The van der Waals surface area contributed by atoms with Gasteiger partial charge in [0, 0.05) is 18.0 Å². The molecule has 7 nitrogen and oxygen atoms in total. The molecule has 172 valence electrons. The number of hydrogen-bond acceptors (Lipinski definition) is 5. The number of halogens is 1. The van der Waals surface area contributed by atoms with Crippen LogP contribution in [-0.2, 0) is 11.3 Å². The molecule has 2 rings (SSSR count). The molecule has 0 saturated carbocycles. The highest BCUT2D eigenvalue weighted by atomic mass is 127. The molecule has 1 unspecified atom stereocenters. The first-order chi connectivity index (χ1) is 14.2. The molecular formula is C22H34IN5O2S. The summed E-state index contributed by atoms with van der Waals surface area (Å²) in [5, 5.41) is 10.5. The van der Waals surface area contributed by atoms with E-state index >= 15 is 0 Å². The molecule has 1 aromatic heterocycles. The molecule has 1 atom stereocenters. The van der Waals surface area contributed by atoms with Gasteiger partial charge in [-0.15, -0.1) is 35.3 Å². The number of ether oxygens (including phenoxy) is 1. The number of carbonyl (C=O) groups is 1. The molecule has 0 radical (unpaired) electrons. The van der Waals surface area contributed by atoms with Gasteiger partial charge in [0.15, 0.2) is 5.96 Å². The second kappa shape index (κ2) is 12.8. The van der Waals surface area contributed by atoms with Gasteiger partial charge in [0.25, 0.3) is 0 Å². The van der Waals surface area contributed by atoms with Gasteiger partial charge in [0.05, 0.1) is 18.3 Å². The van der Waals surface area contributed by atoms with Crippen LogP contribution in [0.4, 0.5) is 4.79 Å². The topological polar surface area (TPSA) is 87.6 Å². The third kappa shape index (κ3) is 9.86. The first kappa shape index (κ1) is 27.2. The van der Waals surface area contributed by atoms with Gasteiger partial charge >= 0.3 is 6.09 Å². The quantitative estimate of drug-likeness (QED) is 0.260. The zero-order valence-corrected chi connectivity index (χ0v) is 22.3. The molecule has 31 heavy (non-hydrogen) atoms. The van der Waals surface area contributed by atoms with Crippen molar-refractivity contribution in [3.05, 3.63) is 51.5 Å². The van der Waals surface area contributed by atoms with Gasteiger partial charge in [-0.1, -0.05) is 30.3 Å². The van der Waals surface area contributed by atoms with Gasteiger partial charge in [-0.25, -0.2) is 14.8 Å². The van der Waals surface area contributed by atoms with E-state index < -0.39 is 11.7 Å². The maximum Gasteiger partial charge on any atom is 0.408 e. The zero-order chi connectivity index (χ0) is 22.1. The fourth-order valence-corrected chi connectivity index (χ4v) is 3.54. The van der Waals surface area contributed by atoms with Crippen LogP contribution >= 0.6 is 35.3 Å². The molecule has 0 saturated heterocycles. The maximum absolute atomic E-state index is 12.3. The largest absolute Gasteiger partial charge is 0.444 e. The second-order valence-corrected chi connectivity index (χ2v) is 9.22. The molecule has 0 aliphatic heterocycles. The normalized spacial score (nSPS) is 12.5. The van der Waals surface area contributed by atoms with E-state index in [1.807, 2.05) is 65.0 Å². The Kier molecular flexibility index (Phi) is 11.3. The number of rotatable bonds is 7. The van der Waals surface area contributed by atoms with Crippen molar-refractivity contribution in [1.82, 2.24) is 20.9 Å². The average molecular weight is 560 g/mol. The number of nitrogens with one attached hydrogen (secondary N) is 3. The van der Waals surface area contributed by atoms with Gasteiger partial charge in [-0.3, -0.25) is 0 Å². The molecule has 1 heterocycles. The summed E-state index contributed by atoms with van der Waals surface area (Å²) in [5.74, 6) is 0.676. The number of thiazole rings is 1. The fourth-order valence-electron chi connectivity index (χ4n) is 2.68. The maximum atomic E-state index is 12.3. The van der Waals surface area contributed by atoms with E-state index in [1.54, 1.807) is 11.3 Å². The molecule has 3 N–H and O–H groups in total. The Morgan fingerprint density at radius 2 is 1.87 bits per heavy atom. The fraction of sp³-hybridized carbons (Fsp3) is 0.500. The Bertz CT molecular complexity index is 830. The molecule has 1 aromatic carbocycles. The van der Waals surface area contributed by atoms with Crippen LogP contribution in [-0.4, -0.2) is 35.7 Å². The Labute approximate surface area is 206 Å². The molecule has 0 aliphatic carbocycles.